The van der Waals surface area contributed by atoms with Crippen LogP contribution in [0.2, 0.25) is 5.02 Å². The number of rotatable bonds is 2. The first kappa shape index (κ1) is 12.5. The van der Waals surface area contributed by atoms with Crippen molar-refractivity contribution in [2.45, 2.75) is 19.9 Å². The highest BCUT2D eigenvalue weighted by Crippen LogP contribution is 2.28. The number of likely N-dealkylation sites (N-methyl/N-ethyl adjacent to an activating group) is 1. The summed E-state index contributed by atoms with van der Waals surface area (Å²) < 4.78 is 0. The van der Waals surface area contributed by atoms with Crippen LogP contribution in [0.5, 0.6) is 0 Å². The number of nitrogen functional groups attached to an aromatic ring is 1. The average molecular weight is 254 g/mol. The van der Waals surface area contributed by atoms with E-state index in [1.54, 1.807) is 0 Å². The molecule has 1 unspecified atom stereocenters. The molecule has 94 valence electrons. The highest BCUT2D eigenvalue weighted by Gasteiger charge is 2.23. The minimum Gasteiger partial charge on any atom is -0.397 e. The van der Waals surface area contributed by atoms with Crippen LogP contribution in [-0.2, 0) is 0 Å². The van der Waals surface area contributed by atoms with Crippen LogP contribution in [0.25, 0.3) is 0 Å². The van der Waals surface area contributed by atoms with Crippen LogP contribution >= 0.6 is 11.6 Å². The first-order chi connectivity index (χ1) is 8.11. The molecule has 0 amide bonds. The molecule has 0 spiro atoms. The molecule has 1 saturated heterocycles. The van der Waals surface area contributed by atoms with E-state index in [9.17, 15) is 0 Å². The van der Waals surface area contributed by atoms with Gasteiger partial charge in [-0.15, -0.1) is 0 Å². The van der Waals surface area contributed by atoms with Crippen molar-refractivity contribution in [1.82, 2.24) is 4.90 Å². The Bertz CT molecular complexity index is 394. The predicted octanol–water partition coefficient (Wildman–Crippen LogP) is 2.45. The maximum absolute atomic E-state index is 6.04. The molecule has 4 heteroatoms. The van der Waals surface area contributed by atoms with E-state index in [-0.39, 0.29) is 0 Å². The van der Waals surface area contributed by atoms with E-state index in [0.717, 1.165) is 42.6 Å². The number of anilines is 2. The second-order valence-corrected chi connectivity index (χ2v) is 5.06. The maximum atomic E-state index is 6.04. The molecule has 2 rings (SSSR count). The number of nitrogens with zero attached hydrogens (tertiary/aromatic N) is 2. The van der Waals surface area contributed by atoms with Crippen molar-refractivity contribution in [3.05, 3.63) is 23.2 Å². The number of halogens is 1. The van der Waals surface area contributed by atoms with E-state index in [4.69, 9.17) is 17.3 Å². The van der Waals surface area contributed by atoms with Gasteiger partial charge in [0, 0.05) is 30.7 Å². The number of benzene rings is 1. The summed E-state index contributed by atoms with van der Waals surface area (Å²) in [5, 5.41) is 0.750. The molecule has 3 nitrogen and oxygen atoms in total. The monoisotopic (exact) mass is 253 g/mol. The Morgan fingerprint density at radius 3 is 2.82 bits per heavy atom. The Balaban J connectivity index is 2.16. The minimum absolute atomic E-state index is 0.562. The van der Waals surface area contributed by atoms with E-state index >= 15 is 0 Å². The van der Waals surface area contributed by atoms with Crippen molar-refractivity contribution in [3.63, 3.8) is 0 Å². The van der Waals surface area contributed by atoms with Crippen LogP contribution < -0.4 is 10.6 Å². The summed E-state index contributed by atoms with van der Waals surface area (Å²) in [5.41, 5.74) is 7.90. The van der Waals surface area contributed by atoms with E-state index < -0.39 is 0 Å². The average Bonchev–Trinajstić information content (AvgIpc) is 2.32. The summed E-state index contributed by atoms with van der Waals surface area (Å²) >= 11 is 6.04. The van der Waals surface area contributed by atoms with Crippen molar-refractivity contribution in [2.24, 2.45) is 0 Å². The van der Waals surface area contributed by atoms with Gasteiger partial charge in [0.25, 0.3) is 0 Å². The molecule has 1 heterocycles. The van der Waals surface area contributed by atoms with Gasteiger partial charge in [0.2, 0.25) is 0 Å². The van der Waals surface area contributed by atoms with E-state index in [2.05, 4.69) is 23.6 Å². The standard InChI is InChI=1S/C13H20ClN3/c1-3-16-6-7-17(9-10(16)2)13-8-11(14)4-5-12(13)15/h4-5,8,10H,3,6-7,9,15H2,1-2H3. The summed E-state index contributed by atoms with van der Waals surface area (Å²) in [6, 6.07) is 6.25. The summed E-state index contributed by atoms with van der Waals surface area (Å²) in [6.07, 6.45) is 0. The van der Waals surface area contributed by atoms with Gasteiger partial charge in [-0.2, -0.15) is 0 Å². The van der Waals surface area contributed by atoms with Crippen molar-refractivity contribution in [1.29, 1.82) is 0 Å². The minimum atomic E-state index is 0.562. The Labute approximate surface area is 108 Å². The van der Waals surface area contributed by atoms with Crippen LogP contribution in [0.15, 0.2) is 18.2 Å². The third-order valence-electron chi connectivity index (χ3n) is 3.50. The van der Waals surface area contributed by atoms with Crippen LogP contribution in [0.4, 0.5) is 11.4 Å². The highest BCUT2D eigenvalue weighted by atomic mass is 35.5. The van der Waals surface area contributed by atoms with Crippen LogP contribution in [0.1, 0.15) is 13.8 Å². The quantitative estimate of drug-likeness (QED) is 0.822. The largest absolute Gasteiger partial charge is 0.397 e. The molecule has 1 aliphatic rings. The third-order valence-corrected chi connectivity index (χ3v) is 3.74. The maximum Gasteiger partial charge on any atom is 0.0615 e. The van der Waals surface area contributed by atoms with Gasteiger partial charge in [-0.1, -0.05) is 18.5 Å². The Kier molecular flexibility index (Phi) is 3.79. The molecule has 17 heavy (non-hydrogen) atoms. The Hall–Kier alpha value is -0.930. The molecule has 0 radical (unpaired) electrons. The van der Waals surface area contributed by atoms with E-state index in [1.165, 1.54) is 0 Å². The molecule has 1 aromatic carbocycles. The smallest absolute Gasteiger partial charge is 0.0615 e. The first-order valence-electron chi connectivity index (χ1n) is 6.16. The Morgan fingerprint density at radius 2 is 2.18 bits per heavy atom. The zero-order valence-electron chi connectivity index (χ0n) is 10.5. The molecule has 0 aromatic heterocycles. The van der Waals surface area contributed by atoms with Gasteiger partial charge >= 0.3 is 0 Å². The lowest BCUT2D eigenvalue weighted by atomic mass is 10.1. The number of hydrogen-bond acceptors (Lipinski definition) is 3. The van der Waals surface area contributed by atoms with Crippen molar-refractivity contribution in [3.8, 4) is 0 Å². The summed E-state index contributed by atoms with van der Waals surface area (Å²) in [7, 11) is 0. The predicted molar refractivity (Wildman–Crippen MR) is 74.8 cm³/mol. The lowest BCUT2D eigenvalue weighted by Gasteiger charge is -2.40. The lowest BCUT2D eigenvalue weighted by molar-refractivity contribution is 0.199. The third kappa shape index (κ3) is 2.67. The van der Waals surface area contributed by atoms with E-state index in [0.29, 0.717) is 6.04 Å². The fourth-order valence-electron chi connectivity index (χ4n) is 2.47. The molecule has 0 saturated carbocycles. The van der Waals surface area contributed by atoms with Crippen LogP contribution in [0.3, 0.4) is 0 Å². The van der Waals surface area contributed by atoms with Gasteiger partial charge in [-0.3, -0.25) is 4.90 Å². The molecule has 1 aliphatic heterocycles. The van der Waals surface area contributed by atoms with Crippen LogP contribution in [0, 0.1) is 0 Å². The molecule has 1 aromatic rings. The van der Waals surface area contributed by atoms with Gasteiger partial charge in [-0.25, -0.2) is 0 Å². The highest BCUT2D eigenvalue weighted by molar-refractivity contribution is 6.31. The number of nitrogens with two attached hydrogens (primary N) is 1. The fraction of sp³-hybridized carbons (Fsp3) is 0.538. The topological polar surface area (TPSA) is 32.5 Å². The first-order valence-corrected chi connectivity index (χ1v) is 6.53. The normalized spacial score (nSPS) is 21.8. The molecular formula is C13H20ClN3. The second kappa shape index (κ2) is 5.15. The molecule has 0 bridgehead atoms. The van der Waals surface area contributed by atoms with Gasteiger partial charge in [0.1, 0.15) is 0 Å². The summed E-state index contributed by atoms with van der Waals surface area (Å²) in [6.45, 7) is 8.70. The fourth-order valence-corrected chi connectivity index (χ4v) is 2.64. The molecule has 1 atom stereocenters. The zero-order valence-corrected chi connectivity index (χ0v) is 11.2. The molecular weight excluding hydrogens is 234 g/mol. The van der Waals surface area contributed by atoms with Crippen molar-refractivity contribution >= 4 is 23.0 Å². The van der Waals surface area contributed by atoms with Gasteiger partial charge in [0.15, 0.2) is 0 Å². The second-order valence-electron chi connectivity index (χ2n) is 4.63. The van der Waals surface area contributed by atoms with Crippen LogP contribution in [-0.4, -0.2) is 37.1 Å². The van der Waals surface area contributed by atoms with Crippen molar-refractivity contribution in [2.75, 3.05) is 36.8 Å². The molecule has 2 N–H and O–H groups in total. The Morgan fingerprint density at radius 1 is 1.41 bits per heavy atom. The summed E-state index contributed by atoms with van der Waals surface area (Å²) in [5.74, 6) is 0. The number of hydrogen-bond donors (Lipinski definition) is 1. The van der Waals surface area contributed by atoms with E-state index in [1.807, 2.05) is 18.2 Å². The summed E-state index contributed by atoms with van der Waals surface area (Å²) in [4.78, 5) is 4.81. The molecule has 1 fully saturated rings. The van der Waals surface area contributed by atoms with Gasteiger partial charge in [-0.05, 0) is 31.7 Å². The van der Waals surface area contributed by atoms with Gasteiger partial charge < -0.3 is 10.6 Å². The molecule has 0 aliphatic carbocycles. The zero-order chi connectivity index (χ0) is 12.4. The number of piperazine rings is 1. The van der Waals surface area contributed by atoms with Crippen molar-refractivity contribution < 1.29 is 0 Å². The SMILES string of the molecule is CCN1CCN(c2cc(Cl)ccc2N)CC1C. The lowest BCUT2D eigenvalue weighted by Crippen LogP contribution is -2.51. The van der Waals surface area contributed by atoms with Gasteiger partial charge in [0.05, 0.1) is 11.4 Å².